The molecule has 0 saturated carbocycles. The van der Waals surface area contributed by atoms with E-state index < -0.39 is 0 Å². The zero-order valence-electron chi connectivity index (χ0n) is 13.1. The maximum Gasteiger partial charge on any atom is 0.228 e. The summed E-state index contributed by atoms with van der Waals surface area (Å²) in [7, 11) is 1.98. The van der Waals surface area contributed by atoms with E-state index in [-0.39, 0.29) is 0 Å². The zero-order valence-corrected chi connectivity index (χ0v) is 15.5. The fourth-order valence-electron chi connectivity index (χ4n) is 1.65. The number of ether oxygens (including phenoxy) is 1. The maximum absolute atomic E-state index is 5.77. The minimum absolute atomic E-state index is 0.470. The average molecular weight is 383 g/mol. The molecule has 7 heteroatoms. The van der Waals surface area contributed by atoms with Crippen LogP contribution in [0.25, 0.3) is 0 Å². The molecule has 0 N–H and O–H groups in total. The van der Waals surface area contributed by atoms with E-state index in [0.717, 1.165) is 33.0 Å². The molecule has 0 amide bonds. The van der Waals surface area contributed by atoms with Gasteiger partial charge >= 0.3 is 0 Å². The molecule has 0 fully saturated rings. The van der Waals surface area contributed by atoms with Crippen molar-refractivity contribution in [2.45, 2.75) is 27.4 Å². The quantitative estimate of drug-likeness (QED) is 0.557. The van der Waals surface area contributed by atoms with E-state index in [4.69, 9.17) is 4.74 Å². The van der Waals surface area contributed by atoms with Gasteiger partial charge in [-0.1, -0.05) is 0 Å². The van der Waals surface area contributed by atoms with Gasteiger partial charge in [-0.3, -0.25) is 0 Å². The molecule has 0 saturated heterocycles. The van der Waals surface area contributed by atoms with Crippen molar-refractivity contribution in [1.82, 2.24) is 14.3 Å². The Morgan fingerprint density at radius 3 is 2.82 bits per heavy atom. The van der Waals surface area contributed by atoms with Gasteiger partial charge in [-0.15, -0.1) is 0 Å². The summed E-state index contributed by atoms with van der Waals surface area (Å²) in [6, 6.07) is 3.94. The third-order valence-electron chi connectivity index (χ3n) is 3.03. The summed E-state index contributed by atoms with van der Waals surface area (Å²) >= 11 is 4.95. The first-order valence-electron chi connectivity index (χ1n) is 6.96. The first-order valence-corrected chi connectivity index (χ1v) is 8.52. The lowest BCUT2D eigenvalue weighted by atomic mass is 10.3. The van der Waals surface area contributed by atoms with Gasteiger partial charge in [0.1, 0.15) is 6.61 Å². The molecule has 2 aromatic heterocycles. The van der Waals surface area contributed by atoms with Crippen LogP contribution in [0.15, 0.2) is 21.6 Å². The fraction of sp³-hybridized carbons (Fsp3) is 0.400. The molecule has 2 rings (SSSR count). The van der Waals surface area contributed by atoms with Crippen molar-refractivity contribution >= 4 is 39.5 Å². The van der Waals surface area contributed by atoms with Crippen LogP contribution in [0.2, 0.25) is 0 Å². The van der Waals surface area contributed by atoms with Gasteiger partial charge in [-0.25, -0.2) is 9.98 Å². The summed E-state index contributed by atoms with van der Waals surface area (Å²) in [5.41, 5.74) is 2.67. The van der Waals surface area contributed by atoms with Gasteiger partial charge < -0.3 is 9.64 Å². The summed E-state index contributed by atoms with van der Waals surface area (Å²) < 4.78 is 10.8. The molecule has 0 aliphatic heterocycles. The molecule has 0 radical (unpaired) electrons. The highest BCUT2D eigenvalue weighted by Crippen LogP contribution is 2.30. The van der Waals surface area contributed by atoms with Gasteiger partial charge in [0.05, 0.1) is 32.8 Å². The number of pyridine rings is 1. The van der Waals surface area contributed by atoms with Gasteiger partial charge in [0.2, 0.25) is 5.88 Å². The third kappa shape index (κ3) is 4.51. The third-order valence-corrected chi connectivity index (χ3v) is 4.45. The average Bonchev–Trinajstić information content (AvgIpc) is 2.91. The van der Waals surface area contributed by atoms with Crippen LogP contribution in [-0.4, -0.2) is 34.2 Å². The largest absolute Gasteiger partial charge is 0.471 e. The minimum Gasteiger partial charge on any atom is -0.471 e. The normalized spacial score (nSPS) is 11.1. The number of aromatic nitrogens is 2. The Labute approximate surface area is 143 Å². The Bertz CT molecular complexity index is 672. The van der Waals surface area contributed by atoms with Gasteiger partial charge in [-0.05, 0) is 60.4 Å². The van der Waals surface area contributed by atoms with Crippen LogP contribution in [-0.2, 0) is 6.61 Å². The van der Waals surface area contributed by atoms with Crippen molar-refractivity contribution in [3.05, 3.63) is 32.9 Å². The van der Waals surface area contributed by atoms with Crippen LogP contribution >= 0.6 is 27.5 Å². The van der Waals surface area contributed by atoms with Gasteiger partial charge in [0.25, 0.3) is 0 Å². The Morgan fingerprint density at radius 2 is 2.18 bits per heavy atom. The molecule has 2 aromatic rings. The van der Waals surface area contributed by atoms with Crippen LogP contribution < -0.4 is 4.74 Å². The number of hydrogen-bond donors (Lipinski definition) is 0. The predicted molar refractivity (Wildman–Crippen MR) is 94.3 cm³/mol. The summed E-state index contributed by atoms with van der Waals surface area (Å²) in [6.07, 6.45) is 1.80. The molecule has 0 atom stereocenters. The monoisotopic (exact) mass is 382 g/mol. The van der Waals surface area contributed by atoms with Crippen molar-refractivity contribution in [3.8, 4) is 5.88 Å². The zero-order chi connectivity index (χ0) is 16.1. The first kappa shape index (κ1) is 16.9. The molecule has 5 nitrogen and oxygen atoms in total. The van der Waals surface area contributed by atoms with Crippen molar-refractivity contribution in [1.29, 1.82) is 0 Å². The Kier molecular flexibility index (Phi) is 5.90. The molecular weight excluding hydrogens is 364 g/mol. The van der Waals surface area contributed by atoms with Crippen molar-refractivity contribution in [2.75, 3.05) is 13.6 Å². The molecule has 0 aromatic carbocycles. The SMILES string of the molecule is CCN(C)/C=N/c1cc(Br)c(OCc2cc(C)ns2)nc1C. The number of rotatable bonds is 6. The minimum atomic E-state index is 0.470. The molecule has 22 heavy (non-hydrogen) atoms. The van der Waals surface area contributed by atoms with E-state index >= 15 is 0 Å². The lowest BCUT2D eigenvalue weighted by Gasteiger charge is -2.10. The number of nitrogens with zero attached hydrogens (tertiary/aromatic N) is 4. The van der Waals surface area contributed by atoms with Gasteiger partial charge in [-0.2, -0.15) is 4.37 Å². The molecule has 0 unspecified atom stereocenters. The smallest absolute Gasteiger partial charge is 0.228 e. The van der Waals surface area contributed by atoms with E-state index in [1.165, 1.54) is 11.5 Å². The van der Waals surface area contributed by atoms with Crippen LogP contribution in [0.5, 0.6) is 5.88 Å². The Balaban J connectivity index is 2.10. The van der Waals surface area contributed by atoms with E-state index in [0.29, 0.717) is 12.5 Å². The van der Waals surface area contributed by atoms with Gasteiger partial charge in [0, 0.05) is 13.6 Å². The second-order valence-corrected chi connectivity index (χ2v) is 6.66. The Hall–Kier alpha value is -1.47. The lowest BCUT2D eigenvalue weighted by molar-refractivity contribution is 0.294. The number of hydrogen-bond acceptors (Lipinski definition) is 5. The van der Waals surface area contributed by atoms with Crippen LogP contribution in [0.3, 0.4) is 0 Å². The molecule has 2 heterocycles. The standard InChI is InChI=1S/C15H19BrN4OS/c1-5-20(4)9-17-14-7-13(16)15(18-11(14)3)21-8-12-6-10(2)19-22-12/h6-7,9H,5,8H2,1-4H3/b17-9+. The highest BCUT2D eigenvalue weighted by atomic mass is 79.9. The van der Waals surface area contributed by atoms with Crippen LogP contribution in [0.4, 0.5) is 5.69 Å². The molecular formula is C15H19BrN4OS. The molecule has 0 spiro atoms. The second-order valence-electron chi connectivity index (χ2n) is 4.92. The van der Waals surface area contributed by atoms with Gasteiger partial charge in [0.15, 0.2) is 0 Å². The summed E-state index contributed by atoms with van der Waals surface area (Å²) in [5.74, 6) is 0.575. The van der Waals surface area contributed by atoms with E-state index in [1.54, 1.807) is 6.34 Å². The highest BCUT2D eigenvalue weighted by molar-refractivity contribution is 9.10. The number of halogens is 1. The molecule has 0 bridgehead atoms. The van der Waals surface area contributed by atoms with Crippen molar-refractivity contribution in [3.63, 3.8) is 0 Å². The molecule has 118 valence electrons. The molecule has 0 aliphatic rings. The predicted octanol–water partition coefficient (Wildman–Crippen LogP) is 4.11. The topological polar surface area (TPSA) is 50.6 Å². The number of aliphatic imine (C=N–C) groups is 1. The van der Waals surface area contributed by atoms with E-state index in [2.05, 4.69) is 37.2 Å². The van der Waals surface area contributed by atoms with E-state index in [1.807, 2.05) is 37.9 Å². The van der Waals surface area contributed by atoms with Crippen molar-refractivity contribution in [2.24, 2.45) is 4.99 Å². The Morgan fingerprint density at radius 1 is 1.41 bits per heavy atom. The summed E-state index contributed by atoms with van der Waals surface area (Å²) in [6.45, 7) is 7.35. The second kappa shape index (κ2) is 7.69. The lowest BCUT2D eigenvalue weighted by Crippen LogP contribution is -2.14. The van der Waals surface area contributed by atoms with E-state index in [9.17, 15) is 0 Å². The molecule has 0 aliphatic carbocycles. The van der Waals surface area contributed by atoms with Crippen LogP contribution in [0, 0.1) is 13.8 Å². The summed E-state index contributed by atoms with van der Waals surface area (Å²) in [5, 5.41) is 0. The van der Waals surface area contributed by atoms with Crippen LogP contribution in [0.1, 0.15) is 23.2 Å². The first-order chi connectivity index (χ1) is 10.5. The fourth-order valence-corrected chi connectivity index (χ4v) is 2.72. The summed E-state index contributed by atoms with van der Waals surface area (Å²) in [4.78, 5) is 12.0. The highest BCUT2D eigenvalue weighted by Gasteiger charge is 2.09. The number of aryl methyl sites for hydroxylation is 2. The maximum atomic E-state index is 5.77. The van der Waals surface area contributed by atoms with Crippen molar-refractivity contribution < 1.29 is 4.74 Å².